The molecule has 0 saturated heterocycles. The quantitative estimate of drug-likeness (QED) is 0.661. The molecule has 0 saturated carbocycles. The monoisotopic (exact) mass is 194 g/mol. The van der Waals surface area contributed by atoms with Gasteiger partial charge in [0.05, 0.1) is 5.75 Å². The van der Waals surface area contributed by atoms with Crippen molar-refractivity contribution < 1.29 is 21.6 Å². The minimum Gasteiger partial charge on any atom is -0.220 e. The van der Waals surface area contributed by atoms with Crippen LogP contribution >= 0.6 is 12.6 Å². The largest absolute Gasteiger partial charge is 0.497 e. The number of halogens is 3. The lowest BCUT2D eigenvalue weighted by Gasteiger charge is -2.04. The minimum atomic E-state index is -5.13. The number of thiol groups is 1. The molecule has 0 amide bonds. The zero-order valence-electron chi connectivity index (χ0n) is 4.72. The Morgan fingerprint density at radius 3 is 1.80 bits per heavy atom. The Morgan fingerprint density at radius 1 is 1.30 bits per heavy atom. The molecule has 0 aromatic rings. The first-order chi connectivity index (χ1) is 4.31. The molecular formula is C3H5F3O2S2. The summed E-state index contributed by atoms with van der Waals surface area (Å²) < 4.78 is 54.4. The topological polar surface area (TPSA) is 34.1 Å². The molecule has 0 heterocycles. The van der Waals surface area contributed by atoms with Crippen molar-refractivity contribution in [2.24, 2.45) is 0 Å². The summed E-state index contributed by atoms with van der Waals surface area (Å²) in [5.41, 5.74) is -5.13. The van der Waals surface area contributed by atoms with Crippen LogP contribution in [-0.2, 0) is 9.84 Å². The van der Waals surface area contributed by atoms with Gasteiger partial charge in [0.1, 0.15) is 0 Å². The molecule has 0 aliphatic heterocycles. The fraction of sp³-hybridized carbons (Fsp3) is 1.00. The van der Waals surface area contributed by atoms with Gasteiger partial charge in [0.25, 0.3) is 0 Å². The fourth-order valence-electron chi connectivity index (χ4n) is 0.236. The number of sulfone groups is 1. The van der Waals surface area contributed by atoms with E-state index in [4.69, 9.17) is 0 Å². The molecule has 62 valence electrons. The predicted molar refractivity (Wildman–Crippen MR) is 33.7 cm³/mol. The molecule has 0 aliphatic rings. The average Bonchev–Trinajstić information content (AvgIpc) is 1.61. The molecule has 0 radical (unpaired) electrons. The smallest absolute Gasteiger partial charge is 0.220 e. The van der Waals surface area contributed by atoms with Gasteiger partial charge in [-0.1, -0.05) is 0 Å². The maximum absolute atomic E-state index is 11.4. The number of hydrogen-bond donors (Lipinski definition) is 1. The molecule has 0 atom stereocenters. The fourth-order valence-corrected chi connectivity index (χ4v) is 1.43. The highest BCUT2D eigenvalue weighted by Gasteiger charge is 2.44. The third-order valence-electron chi connectivity index (χ3n) is 0.713. The van der Waals surface area contributed by atoms with Crippen LogP contribution in [0, 0.1) is 0 Å². The van der Waals surface area contributed by atoms with E-state index in [0.29, 0.717) is 0 Å². The Hall–Kier alpha value is 0.0900. The van der Waals surface area contributed by atoms with Gasteiger partial charge in [0, 0.05) is 5.75 Å². The molecule has 0 fully saturated rings. The first-order valence-electron chi connectivity index (χ1n) is 2.21. The molecule has 0 aromatic carbocycles. The van der Waals surface area contributed by atoms with Crippen LogP contribution in [0.15, 0.2) is 0 Å². The van der Waals surface area contributed by atoms with Crippen LogP contribution in [-0.4, -0.2) is 25.4 Å². The lowest BCUT2D eigenvalue weighted by Crippen LogP contribution is -2.26. The van der Waals surface area contributed by atoms with E-state index in [2.05, 4.69) is 12.6 Å². The van der Waals surface area contributed by atoms with Crippen molar-refractivity contribution in [3.8, 4) is 0 Å². The normalized spacial score (nSPS) is 13.6. The molecule has 7 heteroatoms. The molecule has 0 N–H and O–H groups in total. The number of hydrogen-bond acceptors (Lipinski definition) is 3. The summed E-state index contributed by atoms with van der Waals surface area (Å²) in [4.78, 5) is 0. The Kier molecular flexibility index (Phi) is 3.02. The van der Waals surface area contributed by atoms with Crippen molar-refractivity contribution in [1.82, 2.24) is 0 Å². The van der Waals surface area contributed by atoms with Crippen molar-refractivity contribution in [2.45, 2.75) is 5.51 Å². The zero-order chi connectivity index (χ0) is 8.41. The highest BCUT2D eigenvalue weighted by atomic mass is 32.2. The van der Waals surface area contributed by atoms with Crippen LogP contribution in [0.2, 0.25) is 0 Å². The van der Waals surface area contributed by atoms with Crippen LogP contribution in [0.25, 0.3) is 0 Å². The molecule has 0 unspecified atom stereocenters. The standard InChI is InChI=1S/C3H5F3O2S2/c4-3(5,6)10(7,8)2-1-9/h9H,1-2H2. The van der Waals surface area contributed by atoms with Gasteiger partial charge >= 0.3 is 5.51 Å². The van der Waals surface area contributed by atoms with E-state index in [-0.39, 0.29) is 5.75 Å². The molecule has 2 nitrogen and oxygen atoms in total. The number of rotatable bonds is 2. The molecular weight excluding hydrogens is 189 g/mol. The van der Waals surface area contributed by atoms with Crippen molar-refractivity contribution in [3.05, 3.63) is 0 Å². The van der Waals surface area contributed by atoms with Crippen LogP contribution in [0.4, 0.5) is 13.2 Å². The van der Waals surface area contributed by atoms with E-state index in [1.165, 1.54) is 0 Å². The summed E-state index contributed by atoms with van der Waals surface area (Å²) in [6.45, 7) is 0. The van der Waals surface area contributed by atoms with Gasteiger partial charge in [-0.2, -0.15) is 25.8 Å². The second-order valence-electron chi connectivity index (χ2n) is 1.49. The third-order valence-corrected chi connectivity index (χ3v) is 2.69. The average molecular weight is 194 g/mol. The SMILES string of the molecule is O=S(=O)(CCS)C(F)(F)F. The second kappa shape index (κ2) is 3.00. The Labute approximate surface area is 61.7 Å². The van der Waals surface area contributed by atoms with Gasteiger partial charge in [-0.25, -0.2) is 8.42 Å². The Morgan fingerprint density at radius 2 is 1.70 bits per heavy atom. The van der Waals surface area contributed by atoms with E-state index in [1.54, 1.807) is 0 Å². The zero-order valence-corrected chi connectivity index (χ0v) is 6.43. The summed E-state index contributed by atoms with van der Waals surface area (Å²) in [5, 5.41) is 0. The molecule has 10 heavy (non-hydrogen) atoms. The second-order valence-corrected chi connectivity index (χ2v) is 4.04. The number of alkyl halides is 3. The maximum atomic E-state index is 11.4. The Bertz CT molecular complexity index is 192. The Balaban J connectivity index is 4.44. The van der Waals surface area contributed by atoms with Gasteiger partial charge in [0.2, 0.25) is 9.84 Å². The summed E-state index contributed by atoms with van der Waals surface area (Å²) in [5.74, 6) is -1.28. The van der Waals surface area contributed by atoms with Crippen LogP contribution in [0.1, 0.15) is 0 Å². The first kappa shape index (κ1) is 10.1. The van der Waals surface area contributed by atoms with E-state index < -0.39 is 21.1 Å². The van der Waals surface area contributed by atoms with Crippen molar-refractivity contribution >= 4 is 22.5 Å². The highest BCUT2D eigenvalue weighted by Crippen LogP contribution is 2.23. The molecule has 0 rings (SSSR count). The van der Waals surface area contributed by atoms with E-state index >= 15 is 0 Å². The van der Waals surface area contributed by atoms with Gasteiger partial charge in [-0.3, -0.25) is 0 Å². The molecule has 0 spiro atoms. The predicted octanol–water partition coefficient (Wildman–Crippen LogP) is 0.851. The highest BCUT2D eigenvalue weighted by molar-refractivity contribution is 7.93. The molecule has 0 bridgehead atoms. The summed E-state index contributed by atoms with van der Waals surface area (Å²) in [7, 11) is -4.92. The molecule has 0 aliphatic carbocycles. The van der Waals surface area contributed by atoms with Gasteiger partial charge in [-0.05, 0) is 0 Å². The van der Waals surface area contributed by atoms with Crippen LogP contribution < -0.4 is 0 Å². The van der Waals surface area contributed by atoms with Gasteiger partial charge < -0.3 is 0 Å². The van der Waals surface area contributed by atoms with Crippen LogP contribution in [0.5, 0.6) is 0 Å². The molecule has 0 aromatic heterocycles. The summed E-state index contributed by atoms with van der Waals surface area (Å²) in [6, 6.07) is 0. The van der Waals surface area contributed by atoms with Crippen LogP contribution in [0.3, 0.4) is 0 Å². The first-order valence-corrected chi connectivity index (χ1v) is 4.49. The van der Waals surface area contributed by atoms with Gasteiger partial charge in [0.15, 0.2) is 0 Å². The van der Waals surface area contributed by atoms with Crippen molar-refractivity contribution in [3.63, 3.8) is 0 Å². The van der Waals surface area contributed by atoms with E-state index in [9.17, 15) is 21.6 Å². The van der Waals surface area contributed by atoms with Crippen molar-refractivity contribution in [2.75, 3.05) is 11.5 Å². The maximum Gasteiger partial charge on any atom is 0.497 e. The lowest BCUT2D eigenvalue weighted by molar-refractivity contribution is -0.0434. The lowest BCUT2D eigenvalue weighted by atomic mass is 11.0. The summed E-state index contributed by atoms with van der Waals surface area (Å²) >= 11 is 3.37. The summed E-state index contributed by atoms with van der Waals surface area (Å²) in [6.07, 6.45) is 0. The van der Waals surface area contributed by atoms with E-state index in [0.717, 1.165) is 0 Å². The third kappa shape index (κ3) is 2.37. The van der Waals surface area contributed by atoms with Crippen molar-refractivity contribution in [1.29, 1.82) is 0 Å². The van der Waals surface area contributed by atoms with E-state index in [1.807, 2.05) is 0 Å². The van der Waals surface area contributed by atoms with Gasteiger partial charge in [-0.15, -0.1) is 0 Å². The minimum absolute atomic E-state index is 0.318.